The number of esters is 1. The predicted octanol–water partition coefficient (Wildman–Crippen LogP) is 0.695. The largest absolute Gasteiger partial charge is 0.484 e. The number of ether oxygens (including phenoxy) is 2. The Morgan fingerprint density at radius 1 is 1.05 bits per heavy atom. The van der Waals surface area contributed by atoms with E-state index in [4.69, 9.17) is 4.74 Å². The number of amides is 2. The molecule has 8 heteroatoms. The van der Waals surface area contributed by atoms with E-state index in [-0.39, 0.29) is 26.1 Å². The van der Waals surface area contributed by atoms with E-state index in [0.717, 1.165) is 0 Å². The second-order valence-corrected chi connectivity index (χ2v) is 4.14. The maximum atomic E-state index is 12.7. The van der Waals surface area contributed by atoms with E-state index in [1.807, 2.05) is 0 Å². The molecule has 0 unspecified atom stereocenters. The zero-order chi connectivity index (χ0) is 16.4. The third-order valence-corrected chi connectivity index (χ3v) is 2.39. The molecule has 0 radical (unpaired) electrons. The first kappa shape index (κ1) is 17.4. The van der Waals surface area contributed by atoms with E-state index >= 15 is 0 Å². The Labute approximate surface area is 126 Å². The maximum absolute atomic E-state index is 12.7. The van der Waals surface area contributed by atoms with Gasteiger partial charge in [-0.1, -0.05) is 0 Å². The van der Waals surface area contributed by atoms with Crippen molar-refractivity contribution in [1.82, 2.24) is 10.9 Å². The van der Waals surface area contributed by atoms with Gasteiger partial charge in [0, 0.05) is 6.42 Å². The van der Waals surface area contributed by atoms with Gasteiger partial charge >= 0.3 is 5.97 Å². The van der Waals surface area contributed by atoms with Gasteiger partial charge < -0.3 is 9.47 Å². The minimum atomic E-state index is -0.589. The molecule has 0 aromatic heterocycles. The minimum absolute atomic E-state index is 0.0678. The van der Waals surface area contributed by atoms with Crippen LogP contribution in [0.4, 0.5) is 4.39 Å². The van der Waals surface area contributed by atoms with Crippen LogP contribution in [0.15, 0.2) is 24.3 Å². The van der Waals surface area contributed by atoms with Gasteiger partial charge in [0.1, 0.15) is 11.6 Å². The highest BCUT2D eigenvalue weighted by Gasteiger charge is 2.09. The zero-order valence-electron chi connectivity index (χ0n) is 12.1. The summed E-state index contributed by atoms with van der Waals surface area (Å²) in [5.41, 5.74) is 4.27. The van der Waals surface area contributed by atoms with Gasteiger partial charge in [0.15, 0.2) is 6.61 Å². The van der Waals surface area contributed by atoms with Crippen molar-refractivity contribution in [2.24, 2.45) is 0 Å². The molecule has 0 aliphatic rings. The summed E-state index contributed by atoms with van der Waals surface area (Å²) in [6.45, 7) is 1.57. The monoisotopic (exact) mass is 312 g/mol. The Morgan fingerprint density at radius 2 is 1.68 bits per heavy atom. The van der Waals surface area contributed by atoms with Crippen molar-refractivity contribution in [2.75, 3.05) is 13.2 Å². The third-order valence-electron chi connectivity index (χ3n) is 2.39. The lowest BCUT2D eigenvalue weighted by atomic mass is 10.3. The maximum Gasteiger partial charge on any atom is 0.306 e. The molecule has 0 saturated heterocycles. The first-order valence-electron chi connectivity index (χ1n) is 6.63. The molecule has 1 rings (SSSR count). The molecule has 2 amide bonds. The summed E-state index contributed by atoms with van der Waals surface area (Å²) in [5, 5.41) is 0. The number of carbonyl (C=O) groups is 3. The summed E-state index contributed by atoms with van der Waals surface area (Å²) in [6.07, 6.45) is -0.167. The molecule has 0 aliphatic heterocycles. The fourth-order valence-electron chi connectivity index (χ4n) is 1.37. The number of hydrogen-bond donors (Lipinski definition) is 2. The van der Waals surface area contributed by atoms with Crippen LogP contribution in [-0.4, -0.2) is 31.0 Å². The molecule has 0 heterocycles. The predicted molar refractivity (Wildman–Crippen MR) is 74.0 cm³/mol. The van der Waals surface area contributed by atoms with Gasteiger partial charge in [0.2, 0.25) is 5.91 Å². The molecule has 1 aromatic carbocycles. The Kier molecular flexibility index (Phi) is 7.38. The molecule has 120 valence electrons. The van der Waals surface area contributed by atoms with Crippen LogP contribution in [0, 0.1) is 5.82 Å². The van der Waals surface area contributed by atoms with Crippen LogP contribution in [0.1, 0.15) is 19.8 Å². The van der Waals surface area contributed by atoms with E-state index in [9.17, 15) is 18.8 Å². The molecule has 0 atom stereocenters. The van der Waals surface area contributed by atoms with Gasteiger partial charge in [-0.2, -0.15) is 0 Å². The normalized spacial score (nSPS) is 9.73. The summed E-state index contributed by atoms with van der Waals surface area (Å²) in [7, 11) is 0. The van der Waals surface area contributed by atoms with Gasteiger partial charge in [-0.15, -0.1) is 0 Å². The van der Waals surface area contributed by atoms with Crippen LogP contribution in [-0.2, 0) is 19.1 Å². The molecule has 0 aliphatic carbocycles. The van der Waals surface area contributed by atoms with Crippen molar-refractivity contribution in [3.05, 3.63) is 30.1 Å². The molecule has 22 heavy (non-hydrogen) atoms. The van der Waals surface area contributed by atoms with Crippen molar-refractivity contribution >= 4 is 17.8 Å². The van der Waals surface area contributed by atoms with Crippen molar-refractivity contribution in [2.45, 2.75) is 19.8 Å². The minimum Gasteiger partial charge on any atom is -0.484 e. The smallest absolute Gasteiger partial charge is 0.306 e. The summed E-state index contributed by atoms with van der Waals surface area (Å²) < 4.78 is 22.4. The molecular weight excluding hydrogens is 295 g/mol. The van der Waals surface area contributed by atoms with Gasteiger partial charge in [0.05, 0.1) is 13.0 Å². The second kappa shape index (κ2) is 9.32. The molecule has 0 saturated carbocycles. The van der Waals surface area contributed by atoms with Crippen LogP contribution < -0.4 is 15.6 Å². The number of halogens is 1. The summed E-state index contributed by atoms with van der Waals surface area (Å²) in [5.74, 6) is -1.68. The van der Waals surface area contributed by atoms with Crippen LogP contribution in [0.2, 0.25) is 0 Å². The number of hydrazine groups is 1. The van der Waals surface area contributed by atoms with Gasteiger partial charge in [-0.3, -0.25) is 25.2 Å². The first-order chi connectivity index (χ1) is 10.5. The van der Waals surface area contributed by atoms with E-state index in [1.165, 1.54) is 24.3 Å². The van der Waals surface area contributed by atoms with Gasteiger partial charge in [-0.05, 0) is 31.2 Å². The Morgan fingerprint density at radius 3 is 2.32 bits per heavy atom. The van der Waals surface area contributed by atoms with Crippen molar-refractivity contribution in [3.63, 3.8) is 0 Å². The standard InChI is InChI=1S/C14H17FN2O5/c1-2-21-14(20)8-7-12(18)16-17-13(19)9-22-11-5-3-10(15)4-6-11/h3-6H,2,7-9H2,1H3,(H,16,18)(H,17,19). The van der Waals surface area contributed by atoms with Gasteiger partial charge in [0.25, 0.3) is 5.91 Å². The van der Waals surface area contributed by atoms with E-state index < -0.39 is 23.6 Å². The average molecular weight is 312 g/mol. The van der Waals surface area contributed by atoms with E-state index in [2.05, 4.69) is 15.6 Å². The Bertz CT molecular complexity index is 518. The average Bonchev–Trinajstić information content (AvgIpc) is 2.50. The molecule has 0 spiro atoms. The number of hydrogen-bond acceptors (Lipinski definition) is 5. The highest BCUT2D eigenvalue weighted by atomic mass is 19.1. The molecule has 0 bridgehead atoms. The summed E-state index contributed by atoms with van der Waals surface area (Å²) in [4.78, 5) is 33.8. The number of nitrogens with one attached hydrogen (secondary N) is 2. The Hall–Kier alpha value is -2.64. The summed E-state index contributed by atoms with van der Waals surface area (Å²) in [6, 6.07) is 5.15. The number of carbonyl (C=O) groups excluding carboxylic acids is 3. The number of rotatable bonds is 7. The van der Waals surface area contributed by atoms with Crippen molar-refractivity contribution in [3.8, 4) is 5.75 Å². The Balaban J connectivity index is 2.18. The van der Waals surface area contributed by atoms with E-state index in [1.54, 1.807) is 6.92 Å². The molecule has 7 nitrogen and oxygen atoms in total. The molecule has 0 fully saturated rings. The fourth-order valence-corrected chi connectivity index (χ4v) is 1.37. The highest BCUT2D eigenvalue weighted by Crippen LogP contribution is 2.10. The SMILES string of the molecule is CCOC(=O)CCC(=O)NNC(=O)COc1ccc(F)cc1. The fraction of sp³-hybridized carbons (Fsp3) is 0.357. The van der Waals surface area contributed by atoms with Crippen LogP contribution in [0.25, 0.3) is 0 Å². The third kappa shape index (κ3) is 7.22. The zero-order valence-corrected chi connectivity index (χ0v) is 12.1. The van der Waals surface area contributed by atoms with Crippen LogP contribution >= 0.6 is 0 Å². The lowest BCUT2D eigenvalue weighted by molar-refractivity contribution is -0.144. The van der Waals surface area contributed by atoms with Crippen LogP contribution in [0.5, 0.6) is 5.75 Å². The number of benzene rings is 1. The molecule has 2 N–H and O–H groups in total. The first-order valence-corrected chi connectivity index (χ1v) is 6.63. The quantitative estimate of drug-likeness (QED) is 0.571. The lowest BCUT2D eigenvalue weighted by Crippen LogP contribution is -2.43. The molecular formula is C14H17FN2O5. The summed E-state index contributed by atoms with van der Waals surface area (Å²) >= 11 is 0. The topological polar surface area (TPSA) is 93.7 Å². The highest BCUT2D eigenvalue weighted by molar-refractivity contribution is 5.84. The molecule has 1 aromatic rings. The van der Waals surface area contributed by atoms with Gasteiger partial charge in [-0.25, -0.2) is 4.39 Å². The second-order valence-electron chi connectivity index (χ2n) is 4.14. The van der Waals surface area contributed by atoms with Crippen LogP contribution in [0.3, 0.4) is 0 Å². The van der Waals surface area contributed by atoms with E-state index in [0.29, 0.717) is 5.75 Å². The van der Waals surface area contributed by atoms with Crippen molar-refractivity contribution in [1.29, 1.82) is 0 Å². The van der Waals surface area contributed by atoms with Crippen molar-refractivity contribution < 1.29 is 28.2 Å². The lowest BCUT2D eigenvalue weighted by Gasteiger charge is -2.08.